The zero-order chi connectivity index (χ0) is 19.7. The topological polar surface area (TPSA) is 73.0 Å². The molecule has 1 aromatic heterocycles. The summed E-state index contributed by atoms with van der Waals surface area (Å²) in [5.74, 6) is 6.89. The van der Waals surface area contributed by atoms with Crippen molar-refractivity contribution >= 4 is 36.2 Å². The molecule has 2 aliphatic rings. The SMILES string of the molecule is C=N/C(=C1/c2cc[nH]c2N=CN1N)C1CCN(Cc2ccc(F)cc2Cl)CC1. The molecule has 0 bridgehead atoms. The highest BCUT2D eigenvalue weighted by molar-refractivity contribution is 6.31. The van der Waals surface area contributed by atoms with E-state index in [1.807, 2.05) is 12.3 Å². The van der Waals surface area contributed by atoms with Gasteiger partial charge in [0.1, 0.15) is 18.0 Å². The minimum Gasteiger partial charge on any atom is -0.346 e. The molecular formula is C20H22ClFN6. The van der Waals surface area contributed by atoms with Gasteiger partial charge in [-0.25, -0.2) is 15.2 Å². The van der Waals surface area contributed by atoms with Crippen LogP contribution in [0.5, 0.6) is 0 Å². The number of fused-ring (bicyclic) bond motifs is 1. The van der Waals surface area contributed by atoms with Gasteiger partial charge in [-0.2, -0.15) is 0 Å². The summed E-state index contributed by atoms with van der Waals surface area (Å²) >= 11 is 6.17. The maximum absolute atomic E-state index is 13.3. The third kappa shape index (κ3) is 3.61. The molecule has 8 heteroatoms. The monoisotopic (exact) mass is 400 g/mol. The van der Waals surface area contributed by atoms with Gasteiger partial charge in [-0.3, -0.25) is 14.9 Å². The van der Waals surface area contributed by atoms with Crippen LogP contribution in [0.15, 0.2) is 46.1 Å². The summed E-state index contributed by atoms with van der Waals surface area (Å²) in [5.41, 5.74) is 3.62. The Morgan fingerprint density at radius 2 is 2.14 bits per heavy atom. The Morgan fingerprint density at radius 3 is 2.86 bits per heavy atom. The smallest absolute Gasteiger partial charge is 0.141 e. The second-order valence-electron chi connectivity index (χ2n) is 7.07. The van der Waals surface area contributed by atoms with Crippen molar-refractivity contribution in [1.29, 1.82) is 0 Å². The van der Waals surface area contributed by atoms with Crippen LogP contribution >= 0.6 is 11.6 Å². The fraction of sp³-hybridized carbons (Fsp3) is 0.300. The minimum absolute atomic E-state index is 0.257. The van der Waals surface area contributed by atoms with Gasteiger partial charge in [-0.1, -0.05) is 17.7 Å². The first-order valence-electron chi connectivity index (χ1n) is 9.20. The molecule has 1 fully saturated rings. The number of aromatic amines is 1. The predicted molar refractivity (Wildman–Crippen MR) is 111 cm³/mol. The van der Waals surface area contributed by atoms with E-state index in [4.69, 9.17) is 17.4 Å². The average molecular weight is 401 g/mol. The van der Waals surface area contributed by atoms with Gasteiger partial charge in [0, 0.05) is 29.2 Å². The number of halogens is 2. The first kappa shape index (κ1) is 18.9. The standard InChI is InChI=1S/C20H22ClFN6/c1-24-18(19-16-4-7-25-20(16)26-12-28(19)23)13-5-8-27(9-6-13)11-14-2-3-15(22)10-17(14)21/h2-4,7,10,12-13,25H,1,5-6,8-9,11,23H2/b19-18-. The molecule has 146 valence electrons. The van der Waals surface area contributed by atoms with Gasteiger partial charge in [-0.05, 0) is 56.4 Å². The molecule has 3 heterocycles. The number of aromatic nitrogens is 1. The lowest BCUT2D eigenvalue weighted by molar-refractivity contribution is 0.190. The lowest BCUT2D eigenvalue weighted by Crippen LogP contribution is -2.36. The van der Waals surface area contributed by atoms with E-state index in [2.05, 4.69) is 26.6 Å². The molecule has 2 aliphatic heterocycles. The molecule has 0 radical (unpaired) electrons. The zero-order valence-corrected chi connectivity index (χ0v) is 16.2. The number of hydrogen-bond acceptors (Lipinski definition) is 5. The van der Waals surface area contributed by atoms with E-state index in [9.17, 15) is 4.39 Å². The Hall–Kier alpha value is -2.48. The van der Waals surface area contributed by atoms with Gasteiger partial charge in [0.05, 0.1) is 11.4 Å². The molecule has 4 rings (SSSR count). The molecule has 3 N–H and O–H groups in total. The first-order chi connectivity index (χ1) is 13.6. The number of likely N-dealkylation sites (tertiary alicyclic amines) is 1. The van der Waals surface area contributed by atoms with Gasteiger partial charge >= 0.3 is 0 Å². The van der Waals surface area contributed by atoms with Gasteiger partial charge in [-0.15, -0.1) is 0 Å². The van der Waals surface area contributed by atoms with Crippen LogP contribution in [0.4, 0.5) is 10.2 Å². The Labute approximate surface area is 168 Å². The van der Waals surface area contributed by atoms with Gasteiger partial charge in [0.2, 0.25) is 0 Å². The van der Waals surface area contributed by atoms with Crippen LogP contribution in [0.3, 0.4) is 0 Å². The number of nitrogens with two attached hydrogens (primary N) is 1. The van der Waals surface area contributed by atoms with Crippen molar-refractivity contribution in [2.75, 3.05) is 13.1 Å². The van der Waals surface area contributed by atoms with Gasteiger partial charge in [0.15, 0.2) is 0 Å². The number of hydrogen-bond donors (Lipinski definition) is 2. The van der Waals surface area contributed by atoms with Crippen molar-refractivity contribution in [2.45, 2.75) is 19.4 Å². The van der Waals surface area contributed by atoms with Crippen LogP contribution < -0.4 is 5.84 Å². The van der Waals surface area contributed by atoms with E-state index >= 15 is 0 Å². The third-order valence-electron chi connectivity index (χ3n) is 5.35. The molecule has 0 amide bonds. The van der Waals surface area contributed by atoms with Crippen LogP contribution in [0.25, 0.3) is 5.70 Å². The number of hydrazine groups is 1. The van der Waals surface area contributed by atoms with Crippen molar-refractivity contribution in [3.05, 3.63) is 58.1 Å². The molecule has 1 saturated heterocycles. The highest BCUT2D eigenvalue weighted by Crippen LogP contribution is 2.37. The Morgan fingerprint density at radius 1 is 1.36 bits per heavy atom. The van der Waals surface area contributed by atoms with E-state index in [0.717, 1.165) is 54.3 Å². The molecule has 0 unspecified atom stereocenters. The Balaban J connectivity index is 1.50. The summed E-state index contributed by atoms with van der Waals surface area (Å²) in [6, 6.07) is 6.52. The molecule has 2 aromatic rings. The normalized spacial score (nSPS) is 19.6. The third-order valence-corrected chi connectivity index (χ3v) is 5.70. The van der Waals surface area contributed by atoms with E-state index in [-0.39, 0.29) is 11.7 Å². The number of benzene rings is 1. The molecule has 0 atom stereocenters. The summed E-state index contributed by atoms with van der Waals surface area (Å²) in [6.45, 7) is 6.29. The fourth-order valence-corrected chi connectivity index (χ4v) is 4.13. The van der Waals surface area contributed by atoms with Crippen LogP contribution in [-0.4, -0.2) is 41.0 Å². The van der Waals surface area contributed by atoms with Crippen molar-refractivity contribution in [2.24, 2.45) is 21.7 Å². The Kier molecular flexibility index (Phi) is 5.30. The number of rotatable bonds is 4. The summed E-state index contributed by atoms with van der Waals surface area (Å²) in [4.78, 5) is 14.1. The van der Waals surface area contributed by atoms with Crippen molar-refractivity contribution in [1.82, 2.24) is 14.9 Å². The maximum Gasteiger partial charge on any atom is 0.141 e. The van der Waals surface area contributed by atoms with Crippen LogP contribution in [0, 0.1) is 11.7 Å². The Bertz CT molecular complexity index is 942. The van der Waals surface area contributed by atoms with Gasteiger partial charge < -0.3 is 4.98 Å². The van der Waals surface area contributed by atoms with Crippen LogP contribution in [-0.2, 0) is 6.54 Å². The largest absolute Gasteiger partial charge is 0.346 e. The highest BCUT2D eigenvalue weighted by Gasteiger charge is 2.29. The minimum atomic E-state index is -0.313. The van der Waals surface area contributed by atoms with Crippen LogP contribution in [0.2, 0.25) is 5.02 Å². The van der Waals surface area contributed by atoms with Gasteiger partial charge in [0.25, 0.3) is 0 Å². The molecular weight excluding hydrogens is 379 g/mol. The van der Waals surface area contributed by atoms with Crippen LogP contribution in [0.1, 0.15) is 24.0 Å². The van der Waals surface area contributed by atoms with E-state index < -0.39 is 0 Å². The quantitative estimate of drug-likeness (QED) is 0.603. The maximum atomic E-state index is 13.3. The number of nitrogens with zero attached hydrogens (tertiary/aromatic N) is 4. The van der Waals surface area contributed by atoms with E-state index in [0.29, 0.717) is 11.6 Å². The number of nitrogens with one attached hydrogen (secondary N) is 1. The molecule has 0 aliphatic carbocycles. The second-order valence-corrected chi connectivity index (χ2v) is 7.48. The zero-order valence-electron chi connectivity index (χ0n) is 15.4. The van der Waals surface area contributed by atoms with Crippen molar-refractivity contribution < 1.29 is 4.39 Å². The summed E-state index contributed by atoms with van der Waals surface area (Å²) < 4.78 is 13.3. The average Bonchev–Trinajstić information content (AvgIpc) is 3.16. The van der Waals surface area contributed by atoms with Crippen molar-refractivity contribution in [3.8, 4) is 0 Å². The number of aliphatic imine (C=N–C) groups is 2. The molecule has 0 saturated carbocycles. The molecule has 0 spiro atoms. The highest BCUT2D eigenvalue weighted by atomic mass is 35.5. The molecule has 28 heavy (non-hydrogen) atoms. The summed E-state index contributed by atoms with van der Waals surface area (Å²) in [7, 11) is 0. The fourth-order valence-electron chi connectivity index (χ4n) is 3.90. The van der Waals surface area contributed by atoms with E-state index in [1.165, 1.54) is 17.1 Å². The summed E-state index contributed by atoms with van der Waals surface area (Å²) in [5, 5.41) is 1.99. The lowest BCUT2D eigenvalue weighted by Gasteiger charge is -2.34. The molecule has 1 aromatic carbocycles. The van der Waals surface area contributed by atoms with Crippen molar-refractivity contribution in [3.63, 3.8) is 0 Å². The number of piperidine rings is 1. The second kappa shape index (κ2) is 7.87. The number of H-pyrrole nitrogens is 1. The number of allylic oxidation sites excluding steroid dienone is 1. The lowest BCUT2D eigenvalue weighted by atomic mass is 9.90. The first-order valence-corrected chi connectivity index (χ1v) is 9.57. The molecule has 6 nitrogen and oxygen atoms in total. The van der Waals surface area contributed by atoms with E-state index in [1.54, 1.807) is 12.4 Å². The summed E-state index contributed by atoms with van der Waals surface area (Å²) in [6.07, 6.45) is 5.30. The predicted octanol–water partition coefficient (Wildman–Crippen LogP) is 3.94.